The second-order valence-electron chi connectivity index (χ2n) is 33.0. The topological polar surface area (TPSA) is 137 Å². The van der Waals surface area contributed by atoms with Gasteiger partial charge in [0.25, 0.3) is 0 Å². The molecule has 0 radical (unpaired) electrons. The fourth-order valence-corrected chi connectivity index (χ4v) is 23.3. The second-order valence-corrected chi connectivity index (χ2v) is 33.0. The molecule has 6 fully saturated rings. The van der Waals surface area contributed by atoms with Gasteiger partial charge in [-0.1, -0.05) is 112 Å². The molecule has 3 aromatic heterocycles. The highest BCUT2D eigenvalue weighted by atomic mass is 16.5. The van der Waals surface area contributed by atoms with Crippen LogP contribution in [0.3, 0.4) is 0 Å². The lowest BCUT2D eigenvalue weighted by Crippen LogP contribution is -2.54. The first-order chi connectivity index (χ1) is 45.4. The van der Waals surface area contributed by atoms with Gasteiger partial charge in [0.1, 0.15) is 5.78 Å². The van der Waals surface area contributed by atoms with Crippen molar-refractivity contribution in [1.82, 2.24) is 40.4 Å². The minimum atomic E-state index is -0.317. The summed E-state index contributed by atoms with van der Waals surface area (Å²) in [7, 11) is 8.93. The number of aromatic nitrogens is 6. The van der Waals surface area contributed by atoms with Crippen LogP contribution < -0.4 is 0 Å². The Bertz CT molecular complexity index is 4370. The Morgan fingerprint density at radius 3 is 1.19 bits per heavy atom. The van der Waals surface area contributed by atoms with E-state index in [1.807, 2.05) is 18.6 Å². The third-order valence-corrected chi connectivity index (χ3v) is 28.3. The summed E-state index contributed by atoms with van der Waals surface area (Å²) in [5, 5.41) is 25.6. The van der Waals surface area contributed by atoms with Crippen molar-refractivity contribution in [3.63, 3.8) is 0 Å². The van der Waals surface area contributed by atoms with Crippen LogP contribution in [0, 0.1) is 34.0 Å². The summed E-state index contributed by atoms with van der Waals surface area (Å²) < 4.78 is 21.8. The van der Waals surface area contributed by atoms with E-state index >= 15 is 0 Å². The minimum absolute atomic E-state index is 0.0274. The molecule has 15 aliphatic rings. The van der Waals surface area contributed by atoms with Crippen molar-refractivity contribution in [2.75, 3.05) is 28.2 Å². The number of ether oxygens (including phenoxy) is 3. The van der Waals surface area contributed by atoms with Crippen molar-refractivity contribution >= 4 is 55.2 Å². The number of nitrogens with one attached hydrogen (secondary N) is 3. The van der Waals surface area contributed by atoms with E-state index in [2.05, 4.69) is 199 Å². The summed E-state index contributed by atoms with van der Waals surface area (Å²) in [5.41, 5.74) is 20.1. The quantitative estimate of drug-likeness (QED) is 0.154. The molecule has 9 heterocycles. The fourth-order valence-electron chi connectivity index (χ4n) is 23.3. The first kappa shape index (κ1) is 58.5. The van der Waals surface area contributed by atoms with Crippen LogP contribution in [0.2, 0.25) is 0 Å². The van der Waals surface area contributed by atoms with Crippen LogP contribution in [0.4, 0.5) is 0 Å². The molecule has 21 rings (SSSR count). The van der Waals surface area contributed by atoms with Gasteiger partial charge in [-0.3, -0.25) is 20.1 Å². The molecule has 3 N–H and O–H groups in total. The number of Topliss-reactive ketones (excluding diaryl/α,β-unsaturated/α-hetero) is 1. The van der Waals surface area contributed by atoms with Crippen LogP contribution in [0.15, 0.2) is 161 Å². The van der Waals surface area contributed by atoms with Crippen molar-refractivity contribution in [2.45, 2.75) is 201 Å². The normalized spacial score (nSPS) is 39.7. The van der Waals surface area contributed by atoms with Gasteiger partial charge in [0.05, 0.1) is 68.7 Å². The average molecular weight is 1250 g/mol. The number of carbonyl (C=O) groups is 1. The molecule has 9 aliphatic carbocycles. The third kappa shape index (κ3) is 8.03. The Labute approximate surface area is 553 Å². The number of rotatable bonds is 5. The van der Waals surface area contributed by atoms with Gasteiger partial charge >= 0.3 is 0 Å². The van der Waals surface area contributed by atoms with E-state index in [1.165, 1.54) is 118 Å². The number of H-pyrrole nitrogens is 3. The maximum absolute atomic E-state index is 12.3. The summed E-state index contributed by atoms with van der Waals surface area (Å²) in [6.45, 7) is 7.41. The number of nitrogens with zero attached hydrogens (tertiary/aromatic N) is 5. The molecule has 3 aromatic carbocycles. The summed E-state index contributed by atoms with van der Waals surface area (Å²) in [4.78, 5) is 17.2. The molecule has 12 heteroatoms. The molecule has 484 valence electrons. The van der Waals surface area contributed by atoms with E-state index in [4.69, 9.17) is 14.2 Å². The molecular formula is C82H92N8O4. The lowest BCUT2D eigenvalue weighted by Gasteiger charge is -2.54. The first-order valence-electron chi connectivity index (χ1n) is 36.0. The monoisotopic (exact) mass is 1250 g/mol. The van der Waals surface area contributed by atoms with Crippen molar-refractivity contribution in [1.29, 1.82) is 0 Å². The van der Waals surface area contributed by atoms with E-state index in [9.17, 15) is 4.79 Å². The molecule has 12 nitrogen and oxygen atoms in total. The first-order valence-corrected chi connectivity index (χ1v) is 36.0. The lowest BCUT2D eigenvalue weighted by molar-refractivity contribution is -0.143. The van der Waals surface area contributed by atoms with Crippen molar-refractivity contribution in [3.8, 4) is 0 Å². The Morgan fingerprint density at radius 2 is 0.809 bits per heavy atom. The zero-order valence-corrected chi connectivity index (χ0v) is 56.2. The molecular weight excluding hydrogens is 1160 g/mol. The number of aromatic amines is 3. The van der Waals surface area contributed by atoms with Gasteiger partial charge in [-0.2, -0.15) is 15.3 Å². The second kappa shape index (κ2) is 20.2. The Balaban J connectivity index is 0.000000100. The standard InChI is InChI=1S/2C28H33N3O.C26H26N2O2/c2*1-26-11-10-21-15-20-6-7-22(31(2)3)16-27(20)12-13-28(21,32-27)25(26)9-8-23(26)18-4-5-19-17-29-30-24(19)14-18;1-24-9-8-19-13-18-4-5-20(29)14-25(18)10-11-26(19,30-25)23(24)7-6-21(24)16-2-3-17-15-27-28-22(17)12-16/h2*4-5,8,10,14-15,17,22,25H,6-7,9,11-13,16H2,1-3H3,(H,29,30);2-3,6,8,12-13,15,23H,4-5,7,9-11,14H2,1H3,(H,27,28)/t22-,25+,26+,27+,28?;22-,25-,26-,27-,28?;23-,24-,25-,26?/m011/s1. The number of ketones is 1. The predicted molar refractivity (Wildman–Crippen MR) is 372 cm³/mol. The maximum Gasteiger partial charge on any atom is 0.136 e. The van der Waals surface area contributed by atoms with Crippen LogP contribution in [0.5, 0.6) is 0 Å². The fraction of sp³-hybridized carbons (Fsp3) is 0.512. The SMILES string of the molecule is CN(C)[C@@H]1CCC2=CC3=CC[C@]4(C)C(c5ccc6cn[nH]c6c5)=CC[C@H]4C34CC[C@]2(C1)O4.CN(C)[C@H]1CCC2=CC3=CC[C@]4(C)C(c5ccc6cn[nH]c6c5)=CC[C@H]4C34CC[C@]2(C1)O4.C[C@]12CC=C3C=C4CCC(=O)C[C@]45CCC3(O5)[C@@H]1CC=C2c1ccc2cn[nH]c2c1. The molecule has 3 saturated heterocycles. The third-order valence-electron chi connectivity index (χ3n) is 28.3. The number of benzene rings is 3. The van der Waals surface area contributed by atoms with E-state index in [1.54, 1.807) is 11.1 Å². The molecule has 6 aliphatic heterocycles. The van der Waals surface area contributed by atoms with E-state index < -0.39 is 0 Å². The smallest absolute Gasteiger partial charge is 0.136 e. The average Bonchev–Trinajstić information content (AvgIpc) is 1.51. The molecule has 3 unspecified atom stereocenters. The molecule has 14 atom stereocenters. The van der Waals surface area contributed by atoms with Crippen LogP contribution in [-0.4, -0.2) is 120 Å². The van der Waals surface area contributed by atoms with Crippen molar-refractivity contribution < 1.29 is 19.0 Å². The molecule has 6 bridgehead atoms. The molecule has 3 saturated carbocycles. The maximum atomic E-state index is 12.3. The molecule has 6 aromatic rings. The van der Waals surface area contributed by atoms with E-state index in [-0.39, 0.29) is 49.9 Å². The van der Waals surface area contributed by atoms with Gasteiger partial charge in [-0.15, -0.1) is 0 Å². The van der Waals surface area contributed by atoms with Gasteiger partial charge < -0.3 is 24.0 Å². The van der Waals surface area contributed by atoms with Gasteiger partial charge in [0.15, 0.2) is 0 Å². The Hall–Kier alpha value is -6.80. The highest BCUT2D eigenvalue weighted by molar-refractivity contribution is 5.88. The highest BCUT2D eigenvalue weighted by Crippen LogP contribution is 2.71. The van der Waals surface area contributed by atoms with E-state index in [0.29, 0.717) is 48.5 Å². The Kier molecular flexibility index (Phi) is 12.6. The largest absolute Gasteiger partial charge is 0.359 e. The predicted octanol–water partition coefficient (Wildman–Crippen LogP) is 16.6. The number of fused-ring (bicyclic) bond motifs is 6. The molecule has 0 amide bonds. The summed E-state index contributed by atoms with van der Waals surface area (Å²) in [5.74, 6) is 1.82. The molecule has 6 spiro atoms. The number of hydrogen-bond acceptors (Lipinski definition) is 9. The summed E-state index contributed by atoms with van der Waals surface area (Å²) >= 11 is 0. The van der Waals surface area contributed by atoms with Crippen LogP contribution in [0.1, 0.15) is 172 Å². The van der Waals surface area contributed by atoms with Crippen LogP contribution in [0.25, 0.3) is 49.4 Å². The lowest BCUT2D eigenvalue weighted by atomic mass is 9.58. The number of hydrogen-bond donors (Lipinski definition) is 3. The van der Waals surface area contributed by atoms with Gasteiger partial charge in [0, 0.05) is 75.1 Å². The van der Waals surface area contributed by atoms with Crippen LogP contribution >= 0.6 is 0 Å². The van der Waals surface area contributed by atoms with Gasteiger partial charge in [-0.05, 0) is 235 Å². The van der Waals surface area contributed by atoms with Crippen molar-refractivity contribution in [2.24, 2.45) is 34.0 Å². The van der Waals surface area contributed by atoms with E-state index in [0.717, 1.165) is 92.6 Å². The highest BCUT2D eigenvalue weighted by Gasteiger charge is 2.69. The zero-order chi connectivity index (χ0) is 63.6. The molecule has 94 heavy (non-hydrogen) atoms. The Morgan fingerprint density at radius 1 is 0.447 bits per heavy atom. The van der Waals surface area contributed by atoms with Crippen LogP contribution in [-0.2, 0) is 19.0 Å². The number of carbonyl (C=O) groups excluding carboxylic acids is 1. The van der Waals surface area contributed by atoms with Gasteiger partial charge in [0.2, 0.25) is 0 Å². The van der Waals surface area contributed by atoms with Gasteiger partial charge in [-0.25, -0.2) is 0 Å². The number of allylic oxidation sites excluding steroid dienone is 9. The zero-order valence-electron chi connectivity index (χ0n) is 56.2. The minimum Gasteiger partial charge on any atom is -0.359 e. The summed E-state index contributed by atoms with van der Waals surface area (Å²) in [6, 6.07) is 21.5. The van der Waals surface area contributed by atoms with Crippen molar-refractivity contribution in [3.05, 3.63) is 178 Å². The summed E-state index contributed by atoms with van der Waals surface area (Å²) in [6.07, 6.45) is 50.8.